The predicted molar refractivity (Wildman–Crippen MR) is 64.7 cm³/mol. The number of hydrogen-bond acceptors (Lipinski definition) is 5. The van der Waals surface area contributed by atoms with E-state index in [1.807, 2.05) is 19.0 Å². The molecular weight excluding hydrogens is 204 g/mol. The summed E-state index contributed by atoms with van der Waals surface area (Å²) in [7, 11) is 3.81. The minimum absolute atomic E-state index is 0.436. The maximum absolute atomic E-state index is 5.21. The average Bonchev–Trinajstić information content (AvgIpc) is 2.67. The van der Waals surface area contributed by atoms with Crippen LogP contribution in [0, 0.1) is 0 Å². The highest BCUT2D eigenvalue weighted by molar-refractivity contribution is 5.23. The first-order chi connectivity index (χ1) is 7.67. The fourth-order valence-corrected chi connectivity index (χ4v) is 1.63. The topological polar surface area (TPSA) is 54.2 Å². The van der Waals surface area contributed by atoms with Gasteiger partial charge in [-0.05, 0) is 18.1 Å². The van der Waals surface area contributed by atoms with Crippen molar-refractivity contribution in [3.8, 4) is 0 Å². The molecule has 1 N–H and O–H groups in total. The van der Waals surface area contributed by atoms with Gasteiger partial charge in [0.25, 0.3) is 5.95 Å². The van der Waals surface area contributed by atoms with Gasteiger partial charge in [-0.25, -0.2) is 0 Å². The van der Waals surface area contributed by atoms with E-state index in [1.54, 1.807) is 0 Å². The van der Waals surface area contributed by atoms with Gasteiger partial charge in [0.05, 0.1) is 0 Å². The van der Waals surface area contributed by atoms with Gasteiger partial charge in [0.15, 0.2) is 0 Å². The summed E-state index contributed by atoms with van der Waals surface area (Å²) in [4.78, 5) is 6.16. The molecule has 0 fully saturated rings. The Morgan fingerprint density at radius 2 is 2.12 bits per heavy atom. The maximum atomic E-state index is 5.21. The van der Waals surface area contributed by atoms with Crippen LogP contribution in [-0.4, -0.2) is 36.8 Å². The molecule has 16 heavy (non-hydrogen) atoms. The normalized spacial score (nSPS) is 12.8. The number of rotatable bonds is 7. The molecule has 0 saturated carbocycles. The smallest absolute Gasteiger partial charge is 0.265 e. The number of likely N-dealkylation sites (N-methyl/N-ethyl adjacent to an activating group) is 1. The summed E-state index contributed by atoms with van der Waals surface area (Å²) in [6.07, 6.45) is 3.10. The third-order valence-electron chi connectivity index (χ3n) is 2.41. The lowest BCUT2D eigenvalue weighted by molar-refractivity contribution is 0.351. The molecule has 1 unspecified atom stereocenters. The molecule has 0 spiro atoms. The Bertz CT molecular complexity index is 292. The van der Waals surface area contributed by atoms with E-state index in [1.165, 1.54) is 0 Å². The highest BCUT2D eigenvalue weighted by Crippen LogP contribution is 2.09. The Hall–Kier alpha value is -1.10. The van der Waals surface area contributed by atoms with E-state index in [0.29, 0.717) is 17.9 Å². The number of aromatic nitrogens is 2. The summed E-state index contributed by atoms with van der Waals surface area (Å²) in [5, 5.41) is 7.33. The fourth-order valence-electron chi connectivity index (χ4n) is 1.63. The van der Waals surface area contributed by atoms with Crippen LogP contribution >= 0.6 is 0 Å². The zero-order valence-electron chi connectivity index (χ0n) is 10.7. The van der Waals surface area contributed by atoms with Crippen LogP contribution in [0.4, 0.5) is 5.95 Å². The Morgan fingerprint density at radius 3 is 2.62 bits per heavy atom. The molecular formula is C11H22N4O. The number of nitrogens with zero attached hydrogens (tertiary/aromatic N) is 3. The SMILES string of the molecule is CCCC(Cc1nc(N(C)C)no1)NCC. The second-order valence-electron chi connectivity index (χ2n) is 4.13. The van der Waals surface area contributed by atoms with E-state index in [9.17, 15) is 0 Å². The van der Waals surface area contributed by atoms with Crippen molar-refractivity contribution in [3.63, 3.8) is 0 Å². The van der Waals surface area contributed by atoms with Gasteiger partial charge in [0.2, 0.25) is 5.89 Å². The van der Waals surface area contributed by atoms with E-state index < -0.39 is 0 Å². The molecule has 1 rings (SSSR count). The van der Waals surface area contributed by atoms with Crippen LogP contribution in [0.1, 0.15) is 32.6 Å². The minimum Gasteiger partial charge on any atom is -0.344 e. The Kier molecular flexibility index (Phi) is 5.25. The number of nitrogens with one attached hydrogen (secondary N) is 1. The van der Waals surface area contributed by atoms with Crippen LogP contribution in [0.5, 0.6) is 0 Å². The second-order valence-corrected chi connectivity index (χ2v) is 4.13. The molecule has 0 radical (unpaired) electrons. The van der Waals surface area contributed by atoms with Crippen molar-refractivity contribution in [2.75, 3.05) is 25.5 Å². The van der Waals surface area contributed by atoms with Gasteiger partial charge in [0, 0.05) is 26.6 Å². The third-order valence-corrected chi connectivity index (χ3v) is 2.41. The van der Waals surface area contributed by atoms with Crippen LogP contribution in [0.25, 0.3) is 0 Å². The van der Waals surface area contributed by atoms with Crippen LogP contribution in [0.2, 0.25) is 0 Å². The van der Waals surface area contributed by atoms with Crippen molar-refractivity contribution in [1.82, 2.24) is 15.5 Å². The van der Waals surface area contributed by atoms with Gasteiger partial charge in [-0.3, -0.25) is 0 Å². The third kappa shape index (κ3) is 3.81. The summed E-state index contributed by atoms with van der Waals surface area (Å²) in [6, 6.07) is 0.436. The highest BCUT2D eigenvalue weighted by atomic mass is 16.5. The Labute approximate surface area is 97.2 Å². The molecule has 1 atom stereocenters. The zero-order chi connectivity index (χ0) is 12.0. The highest BCUT2D eigenvalue weighted by Gasteiger charge is 2.13. The lowest BCUT2D eigenvalue weighted by Crippen LogP contribution is -2.30. The summed E-state index contributed by atoms with van der Waals surface area (Å²) in [5.74, 6) is 1.35. The van der Waals surface area contributed by atoms with E-state index in [0.717, 1.165) is 25.8 Å². The molecule has 0 aliphatic heterocycles. The lowest BCUT2D eigenvalue weighted by Gasteiger charge is -2.14. The van der Waals surface area contributed by atoms with Gasteiger partial charge < -0.3 is 14.7 Å². The molecule has 0 aliphatic rings. The van der Waals surface area contributed by atoms with Gasteiger partial charge in [-0.1, -0.05) is 20.3 Å². The van der Waals surface area contributed by atoms with Crippen molar-refractivity contribution < 1.29 is 4.52 Å². The molecule has 0 aliphatic carbocycles. The molecule has 0 saturated heterocycles. The second kappa shape index (κ2) is 6.48. The first-order valence-electron chi connectivity index (χ1n) is 5.90. The molecule has 5 nitrogen and oxygen atoms in total. The quantitative estimate of drug-likeness (QED) is 0.762. The molecule has 1 aromatic rings. The zero-order valence-corrected chi connectivity index (χ0v) is 10.7. The van der Waals surface area contributed by atoms with Gasteiger partial charge >= 0.3 is 0 Å². The van der Waals surface area contributed by atoms with Crippen LogP contribution in [0.15, 0.2) is 4.52 Å². The van der Waals surface area contributed by atoms with E-state index in [2.05, 4.69) is 29.3 Å². The fraction of sp³-hybridized carbons (Fsp3) is 0.818. The predicted octanol–water partition coefficient (Wildman–Crippen LogP) is 1.46. The standard InChI is InChI=1S/C11H22N4O/c1-5-7-9(12-6-2)8-10-13-11(14-16-10)15(3)4/h9,12H,5-8H2,1-4H3. The van der Waals surface area contributed by atoms with Gasteiger partial charge in [-0.15, -0.1) is 0 Å². The van der Waals surface area contributed by atoms with Crippen molar-refractivity contribution in [2.24, 2.45) is 0 Å². The Morgan fingerprint density at radius 1 is 1.38 bits per heavy atom. The Balaban J connectivity index is 2.55. The maximum Gasteiger partial charge on any atom is 0.265 e. The average molecular weight is 226 g/mol. The first kappa shape index (κ1) is 13.0. The van der Waals surface area contributed by atoms with Gasteiger partial charge in [-0.2, -0.15) is 4.98 Å². The minimum atomic E-state index is 0.436. The summed E-state index contributed by atoms with van der Waals surface area (Å²) in [6.45, 7) is 5.27. The van der Waals surface area contributed by atoms with Crippen LogP contribution < -0.4 is 10.2 Å². The largest absolute Gasteiger partial charge is 0.344 e. The number of hydrogen-bond donors (Lipinski definition) is 1. The van der Waals surface area contributed by atoms with Crippen molar-refractivity contribution >= 4 is 5.95 Å². The lowest BCUT2D eigenvalue weighted by atomic mass is 10.1. The molecule has 5 heteroatoms. The molecule has 0 aromatic carbocycles. The molecule has 1 aromatic heterocycles. The van der Waals surface area contributed by atoms with E-state index >= 15 is 0 Å². The summed E-state index contributed by atoms with van der Waals surface area (Å²) >= 11 is 0. The van der Waals surface area contributed by atoms with E-state index in [-0.39, 0.29) is 0 Å². The van der Waals surface area contributed by atoms with Gasteiger partial charge in [0.1, 0.15) is 0 Å². The first-order valence-corrected chi connectivity index (χ1v) is 5.90. The molecule has 0 bridgehead atoms. The van der Waals surface area contributed by atoms with Crippen molar-refractivity contribution in [3.05, 3.63) is 5.89 Å². The summed E-state index contributed by atoms with van der Waals surface area (Å²) < 4.78 is 5.21. The monoisotopic (exact) mass is 226 g/mol. The number of anilines is 1. The summed E-state index contributed by atoms with van der Waals surface area (Å²) in [5.41, 5.74) is 0. The van der Waals surface area contributed by atoms with E-state index in [4.69, 9.17) is 4.52 Å². The van der Waals surface area contributed by atoms with Crippen LogP contribution in [-0.2, 0) is 6.42 Å². The van der Waals surface area contributed by atoms with Crippen molar-refractivity contribution in [1.29, 1.82) is 0 Å². The van der Waals surface area contributed by atoms with Crippen LogP contribution in [0.3, 0.4) is 0 Å². The molecule has 0 amide bonds. The van der Waals surface area contributed by atoms with Crippen molar-refractivity contribution in [2.45, 2.75) is 39.2 Å². The molecule has 1 heterocycles. The molecule has 92 valence electrons.